The van der Waals surface area contributed by atoms with Crippen LogP contribution in [0.4, 0.5) is 0 Å². The van der Waals surface area contributed by atoms with Gasteiger partial charge in [-0.2, -0.15) is 11.3 Å². The SMILES string of the molecule is CC1=NC(C)C(c2[c-]cc3sc4c5cccc6ccc7cccc(c4c3c2)c7c65)=N1.[Ir]. The van der Waals surface area contributed by atoms with E-state index in [0.29, 0.717) is 0 Å². The Morgan fingerprint density at radius 2 is 1.58 bits per heavy atom. The van der Waals surface area contributed by atoms with Crippen LogP contribution in [0.3, 0.4) is 0 Å². The van der Waals surface area contributed by atoms with Crippen molar-refractivity contribution < 1.29 is 20.1 Å². The molecule has 0 N–H and O–H groups in total. The first-order valence-electron chi connectivity index (χ1n) is 10.3. The van der Waals surface area contributed by atoms with Crippen molar-refractivity contribution in [1.82, 2.24) is 0 Å². The molecule has 1 unspecified atom stereocenters. The molecule has 0 aliphatic carbocycles. The summed E-state index contributed by atoms with van der Waals surface area (Å²) in [5, 5.41) is 10.7. The molecule has 2 nitrogen and oxygen atoms in total. The van der Waals surface area contributed by atoms with Gasteiger partial charge in [-0.1, -0.05) is 53.9 Å². The van der Waals surface area contributed by atoms with E-state index in [0.717, 1.165) is 17.1 Å². The molecule has 6 aromatic rings. The first kappa shape index (κ1) is 19.1. The van der Waals surface area contributed by atoms with E-state index in [9.17, 15) is 0 Å². The summed E-state index contributed by atoms with van der Waals surface area (Å²) in [7, 11) is 0. The average molecular weight is 594 g/mol. The standard InChI is InChI=1S/C27H17N2S.Ir/c1-14-26(29-15(2)28-14)18-11-12-22-21(13-18)25-19-7-3-5-16-9-10-17-6-4-8-20(27(25)30-22)24(17)23(16)19;/h3-10,12-14H,1-2H3;/q-1;. The minimum atomic E-state index is 0. The van der Waals surface area contributed by atoms with Crippen LogP contribution in [0, 0.1) is 6.07 Å². The Hall–Kier alpha value is -2.65. The Morgan fingerprint density at radius 3 is 2.29 bits per heavy atom. The molecule has 31 heavy (non-hydrogen) atoms. The van der Waals surface area contributed by atoms with Crippen molar-refractivity contribution in [2.45, 2.75) is 19.9 Å². The number of fused-ring (bicyclic) bond motifs is 5. The number of benzene rings is 5. The molecule has 0 saturated heterocycles. The van der Waals surface area contributed by atoms with E-state index >= 15 is 0 Å². The Morgan fingerprint density at radius 1 is 0.871 bits per heavy atom. The van der Waals surface area contributed by atoms with Gasteiger partial charge in [-0.25, -0.2) is 0 Å². The second-order valence-corrected chi connectivity index (χ2v) is 9.21. The fourth-order valence-electron chi connectivity index (χ4n) is 5.12. The van der Waals surface area contributed by atoms with Gasteiger partial charge in [-0.05, 0) is 62.0 Å². The van der Waals surface area contributed by atoms with E-state index in [4.69, 9.17) is 0 Å². The summed E-state index contributed by atoms with van der Waals surface area (Å²) in [6, 6.07) is 25.9. The number of thiophene rings is 1. The molecular weight excluding hydrogens is 577 g/mol. The van der Waals surface area contributed by atoms with Gasteiger partial charge in [0.2, 0.25) is 0 Å². The van der Waals surface area contributed by atoms with Gasteiger partial charge in [-0.15, -0.1) is 23.8 Å². The van der Waals surface area contributed by atoms with Crippen molar-refractivity contribution >= 4 is 75.4 Å². The molecule has 7 rings (SSSR count). The maximum atomic E-state index is 4.69. The largest absolute Gasteiger partial charge is 0.286 e. The fraction of sp³-hybridized carbons (Fsp3) is 0.111. The number of hydrogen-bond acceptors (Lipinski definition) is 3. The van der Waals surface area contributed by atoms with Crippen molar-refractivity contribution in [1.29, 1.82) is 0 Å². The van der Waals surface area contributed by atoms with E-state index in [1.807, 2.05) is 18.3 Å². The molecule has 1 atom stereocenters. The predicted molar refractivity (Wildman–Crippen MR) is 131 cm³/mol. The Kier molecular flexibility index (Phi) is 4.10. The van der Waals surface area contributed by atoms with Crippen LogP contribution in [0.25, 0.3) is 52.5 Å². The minimum absolute atomic E-state index is 0. The molecule has 1 aliphatic rings. The number of aliphatic imine (C=N–C) groups is 2. The average Bonchev–Trinajstić information content (AvgIpc) is 3.31. The van der Waals surface area contributed by atoms with Crippen molar-refractivity contribution in [2.75, 3.05) is 0 Å². The van der Waals surface area contributed by atoms with E-state index < -0.39 is 0 Å². The second-order valence-electron chi connectivity index (χ2n) is 8.15. The topological polar surface area (TPSA) is 24.7 Å². The van der Waals surface area contributed by atoms with Crippen LogP contribution in [-0.2, 0) is 20.1 Å². The van der Waals surface area contributed by atoms with Crippen LogP contribution >= 0.6 is 11.3 Å². The molecule has 0 saturated carbocycles. The summed E-state index contributed by atoms with van der Waals surface area (Å²) in [4.78, 5) is 9.27. The maximum absolute atomic E-state index is 4.69. The molecule has 2 heterocycles. The van der Waals surface area contributed by atoms with Crippen molar-refractivity contribution in [3.05, 3.63) is 72.3 Å². The summed E-state index contributed by atoms with van der Waals surface area (Å²) < 4.78 is 2.63. The fourth-order valence-corrected chi connectivity index (χ4v) is 6.33. The van der Waals surface area contributed by atoms with Gasteiger partial charge in [0.05, 0.1) is 6.04 Å². The molecule has 0 fully saturated rings. The number of rotatable bonds is 1. The van der Waals surface area contributed by atoms with E-state index in [1.54, 1.807) is 0 Å². The zero-order valence-corrected chi connectivity index (χ0v) is 20.2. The van der Waals surface area contributed by atoms with Crippen molar-refractivity contribution in [3.8, 4) is 0 Å². The molecule has 1 aromatic heterocycles. The third-order valence-electron chi connectivity index (χ3n) is 6.36. The molecule has 4 heteroatoms. The molecule has 5 aromatic carbocycles. The Balaban J connectivity index is 0.00000185. The Labute approximate surface area is 197 Å². The third kappa shape index (κ3) is 2.53. The zero-order valence-electron chi connectivity index (χ0n) is 17.0. The molecule has 0 amide bonds. The zero-order chi connectivity index (χ0) is 20.0. The van der Waals surface area contributed by atoms with Crippen molar-refractivity contribution in [2.24, 2.45) is 9.98 Å². The first-order chi connectivity index (χ1) is 14.7. The van der Waals surface area contributed by atoms with Crippen molar-refractivity contribution in [3.63, 3.8) is 0 Å². The van der Waals surface area contributed by atoms with E-state index in [2.05, 4.69) is 83.6 Å². The summed E-state index contributed by atoms with van der Waals surface area (Å²) in [6.45, 7) is 4.07. The number of nitrogens with zero attached hydrogens (tertiary/aromatic N) is 2. The van der Waals surface area contributed by atoms with Gasteiger partial charge in [0.15, 0.2) is 0 Å². The Bertz CT molecular complexity index is 1720. The smallest absolute Gasteiger partial charge is 0.110 e. The maximum Gasteiger partial charge on any atom is 0.110 e. The second kappa shape index (κ2) is 6.67. The minimum Gasteiger partial charge on any atom is -0.286 e. The molecule has 1 aliphatic heterocycles. The monoisotopic (exact) mass is 594 g/mol. The molecule has 0 spiro atoms. The summed E-state index contributed by atoms with van der Waals surface area (Å²) in [5.41, 5.74) is 2.08. The van der Waals surface area contributed by atoms with Gasteiger partial charge < -0.3 is 0 Å². The van der Waals surface area contributed by atoms with Gasteiger partial charge in [0.1, 0.15) is 5.84 Å². The van der Waals surface area contributed by atoms with E-state index in [1.165, 1.54) is 52.5 Å². The quantitative estimate of drug-likeness (QED) is 0.141. The van der Waals surface area contributed by atoms with Crippen LogP contribution < -0.4 is 0 Å². The molecule has 151 valence electrons. The third-order valence-corrected chi connectivity index (χ3v) is 7.54. The predicted octanol–water partition coefficient (Wildman–Crippen LogP) is 7.36. The van der Waals surface area contributed by atoms with E-state index in [-0.39, 0.29) is 26.1 Å². The van der Waals surface area contributed by atoms with Gasteiger partial charge >= 0.3 is 0 Å². The molecule has 1 radical (unpaired) electrons. The van der Waals surface area contributed by atoms with Crippen LogP contribution in [0.5, 0.6) is 0 Å². The van der Waals surface area contributed by atoms with Crippen LogP contribution in [0.2, 0.25) is 0 Å². The summed E-state index contributed by atoms with van der Waals surface area (Å²) in [6.07, 6.45) is 0. The van der Waals surface area contributed by atoms with Gasteiger partial charge in [-0.3, -0.25) is 9.98 Å². The normalized spacial score (nSPS) is 16.5. The van der Waals surface area contributed by atoms with Crippen LogP contribution in [0.1, 0.15) is 19.4 Å². The number of amidine groups is 1. The molecule has 0 bridgehead atoms. The first-order valence-corrected chi connectivity index (χ1v) is 11.1. The summed E-state index contributed by atoms with van der Waals surface area (Å²) >= 11 is 1.87. The van der Waals surface area contributed by atoms with Gasteiger partial charge in [0, 0.05) is 24.8 Å². The van der Waals surface area contributed by atoms with Crippen LogP contribution in [0.15, 0.2) is 70.6 Å². The van der Waals surface area contributed by atoms with Gasteiger partial charge in [0.25, 0.3) is 0 Å². The molecular formula is C27H17IrN2S-. The van der Waals surface area contributed by atoms with Crippen LogP contribution in [-0.4, -0.2) is 17.6 Å². The number of hydrogen-bond donors (Lipinski definition) is 0. The summed E-state index contributed by atoms with van der Waals surface area (Å²) in [5.74, 6) is 0.851.